The maximum atomic E-state index is 13.1. The van der Waals surface area contributed by atoms with Crippen molar-refractivity contribution in [3.8, 4) is 0 Å². The molecule has 4 rings (SSSR count). The van der Waals surface area contributed by atoms with E-state index in [2.05, 4.69) is 10.2 Å². The van der Waals surface area contributed by atoms with Gasteiger partial charge >= 0.3 is 0 Å². The van der Waals surface area contributed by atoms with Crippen LogP contribution < -0.4 is 21.0 Å². The lowest BCUT2D eigenvalue weighted by atomic mass is 9.94. The first-order valence-corrected chi connectivity index (χ1v) is 8.65. The number of aromatic amines is 2. The molecule has 6 nitrogen and oxygen atoms in total. The SMILES string of the molecule is CCN1C(=O)C(=c2[nH][nH]c(=O)c2=Cc2ccccc2)C(=O)c2ccccc21. The van der Waals surface area contributed by atoms with Gasteiger partial charge in [0.05, 0.1) is 16.3 Å². The Labute approximate surface area is 154 Å². The normalized spacial score (nSPS) is 16.6. The second-order valence-electron chi connectivity index (χ2n) is 6.19. The summed E-state index contributed by atoms with van der Waals surface area (Å²) in [6.45, 7) is 2.26. The van der Waals surface area contributed by atoms with Gasteiger partial charge in [-0.15, -0.1) is 0 Å². The van der Waals surface area contributed by atoms with Crippen LogP contribution in [0.1, 0.15) is 22.8 Å². The molecule has 0 radical (unpaired) electrons. The van der Waals surface area contributed by atoms with Crippen LogP contribution in [0.2, 0.25) is 0 Å². The number of nitrogens with zero attached hydrogens (tertiary/aromatic N) is 1. The van der Waals surface area contributed by atoms with Crippen LogP contribution in [-0.2, 0) is 4.79 Å². The molecule has 2 aromatic carbocycles. The minimum Gasteiger partial charge on any atom is -0.308 e. The number of amides is 1. The number of anilines is 1. The van der Waals surface area contributed by atoms with E-state index < -0.39 is 11.7 Å². The van der Waals surface area contributed by atoms with Crippen LogP contribution in [0.15, 0.2) is 59.4 Å². The number of hydrogen-bond donors (Lipinski definition) is 2. The summed E-state index contributed by atoms with van der Waals surface area (Å²) >= 11 is 0. The molecule has 0 saturated heterocycles. The molecule has 1 aromatic heterocycles. The lowest BCUT2D eigenvalue weighted by Gasteiger charge is -2.28. The first-order valence-electron chi connectivity index (χ1n) is 8.65. The first-order chi connectivity index (χ1) is 13.1. The van der Waals surface area contributed by atoms with Gasteiger partial charge in [0.25, 0.3) is 11.5 Å². The zero-order valence-corrected chi connectivity index (χ0v) is 14.7. The molecule has 0 aliphatic carbocycles. The van der Waals surface area contributed by atoms with Gasteiger partial charge in [0.2, 0.25) is 5.78 Å². The predicted octanol–water partition coefficient (Wildman–Crippen LogP) is 0.932. The summed E-state index contributed by atoms with van der Waals surface area (Å²) in [5, 5.41) is 5.70. The van der Waals surface area contributed by atoms with Gasteiger partial charge in [-0.25, -0.2) is 0 Å². The summed E-state index contributed by atoms with van der Waals surface area (Å²) in [6, 6.07) is 16.3. The Balaban J connectivity index is 2.06. The molecular weight excluding hydrogens is 342 g/mol. The van der Waals surface area contributed by atoms with Gasteiger partial charge in [-0.05, 0) is 30.7 Å². The van der Waals surface area contributed by atoms with Crippen molar-refractivity contribution in [1.82, 2.24) is 10.2 Å². The van der Waals surface area contributed by atoms with E-state index in [1.807, 2.05) is 37.3 Å². The molecule has 2 heterocycles. The Bertz CT molecular complexity index is 1220. The van der Waals surface area contributed by atoms with Gasteiger partial charge in [-0.3, -0.25) is 24.6 Å². The van der Waals surface area contributed by atoms with Crippen molar-refractivity contribution in [2.45, 2.75) is 6.92 Å². The molecule has 0 fully saturated rings. The number of ketones is 1. The predicted molar refractivity (Wildman–Crippen MR) is 103 cm³/mol. The lowest BCUT2D eigenvalue weighted by molar-refractivity contribution is -0.113. The molecule has 1 aliphatic rings. The number of para-hydroxylation sites is 1. The van der Waals surface area contributed by atoms with Crippen molar-refractivity contribution in [3.63, 3.8) is 0 Å². The van der Waals surface area contributed by atoms with Crippen molar-refractivity contribution in [3.05, 3.63) is 86.6 Å². The monoisotopic (exact) mass is 359 g/mol. The van der Waals surface area contributed by atoms with Crippen molar-refractivity contribution >= 4 is 29.0 Å². The number of fused-ring (bicyclic) bond motifs is 1. The summed E-state index contributed by atoms with van der Waals surface area (Å²) in [5.41, 5.74) is 1.42. The third-order valence-corrected chi connectivity index (χ3v) is 4.62. The van der Waals surface area contributed by atoms with E-state index in [1.54, 1.807) is 35.2 Å². The van der Waals surface area contributed by atoms with Gasteiger partial charge < -0.3 is 4.90 Å². The molecule has 1 aliphatic heterocycles. The number of aromatic nitrogens is 2. The number of hydrogen-bond acceptors (Lipinski definition) is 3. The van der Waals surface area contributed by atoms with Crippen molar-refractivity contribution in [2.75, 3.05) is 11.4 Å². The summed E-state index contributed by atoms with van der Waals surface area (Å²) in [4.78, 5) is 40.0. The molecule has 0 atom stereocenters. The van der Waals surface area contributed by atoms with Crippen LogP contribution >= 0.6 is 0 Å². The Morgan fingerprint density at radius 1 is 0.926 bits per heavy atom. The van der Waals surface area contributed by atoms with Crippen molar-refractivity contribution in [2.24, 2.45) is 0 Å². The molecule has 6 heteroatoms. The van der Waals surface area contributed by atoms with E-state index in [9.17, 15) is 14.4 Å². The second kappa shape index (κ2) is 6.57. The molecule has 3 aromatic rings. The quantitative estimate of drug-likeness (QED) is 0.714. The van der Waals surface area contributed by atoms with E-state index >= 15 is 0 Å². The molecule has 27 heavy (non-hydrogen) atoms. The Morgan fingerprint density at radius 2 is 1.63 bits per heavy atom. The van der Waals surface area contributed by atoms with Gasteiger partial charge in [-0.2, -0.15) is 0 Å². The van der Waals surface area contributed by atoms with E-state index in [1.165, 1.54) is 0 Å². The van der Waals surface area contributed by atoms with E-state index in [0.717, 1.165) is 5.56 Å². The Hall–Kier alpha value is -3.67. The van der Waals surface area contributed by atoms with E-state index in [4.69, 9.17) is 0 Å². The van der Waals surface area contributed by atoms with Gasteiger partial charge in [0, 0.05) is 12.1 Å². The maximum absolute atomic E-state index is 13.1. The molecule has 0 bridgehead atoms. The zero-order chi connectivity index (χ0) is 19.0. The van der Waals surface area contributed by atoms with Crippen molar-refractivity contribution in [1.29, 1.82) is 0 Å². The highest BCUT2D eigenvalue weighted by Gasteiger charge is 2.34. The first kappa shape index (κ1) is 16.8. The average Bonchev–Trinajstić information content (AvgIpc) is 3.04. The molecular formula is C21H17N3O3. The number of carbonyl (C=O) groups excluding carboxylic acids is 2. The topological polar surface area (TPSA) is 86.0 Å². The maximum Gasteiger partial charge on any atom is 0.271 e. The van der Waals surface area contributed by atoms with Gasteiger partial charge in [0.15, 0.2) is 0 Å². The number of nitrogens with one attached hydrogen (secondary N) is 2. The third-order valence-electron chi connectivity index (χ3n) is 4.62. The van der Waals surface area contributed by atoms with E-state index in [-0.39, 0.29) is 21.7 Å². The minimum absolute atomic E-state index is 0.0314. The Kier molecular flexibility index (Phi) is 4.08. The number of H-pyrrole nitrogens is 2. The fourth-order valence-electron chi connectivity index (χ4n) is 3.33. The standard InChI is InChI=1S/C21H17N3O3/c1-2-24-16-11-7-6-10-14(16)19(25)17(21(24)27)18-15(20(26)23-22-18)12-13-8-4-3-5-9-13/h3-12,22H,2H2,1H3,(H,23,26). The van der Waals surface area contributed by atoms with Crippen LogP contribution in [-0.4, -0.2) is 28.4 Å². The average molecular weight is 359 g/mol. The number of rotatable bonds is 2. The lowest BCUT2D eigenvalue weighted by Crippen LogP contribution is -2.45. The third kappa shape index (κ3) is 2.71. The van der Waals surface area contributed by atoms with Crippen LogP contribution in [0, 0.1) is 0 Å². The van der Waals surface area contributed by atoms with Crippen LogP contribution in [0.4, 0.5) is 5.69 Å². The van der Waals surface area contributed by atoms with Crippen LogP contribution in [0.3, 0.4) is 0 Å². The molecule has 1 amide bonds. The largest absolute Gasteiger partial charge is 0.308 e. The highest BCUT2D eigenvalue weighted by atomic mass is 16.2. The fraction of sp³-hybridized carbons (Fsp3) is 0.0952. The highest BCUT2D eigenvalue weighted by Crippen LogP contribution is 2.29. The molecule has 134 valence electrons. The number of benzene rings is 2. The molecule has 0 saturated carbocycles. The smallest absolute Gasteiger partial charge is 0.271 e. The molecule has 0 spiro atoms. The van der Waals surface area contributed by atoms with E-state index in [0.29, 0.717) is 17.8 Å². The minimum atomic E-state index is -0.417. The summed E-state index contributed by atoms with van der Waals surface area (Å²) < 4.78 is 0. The van der Waals surface area contributed by atoms with Gasteiger partial charge in [0.1, 0.15) is 5.57 Å². The number of Topliss-reactive ketones (excluding diaryl/α,β-unsaturated/α-hetero) is 1. The summed E-state index contributed by atoms with van der Waals surface area (Å²) in [5.74, 6) is -0.808. The summed E-state index contributed by atoms with van der Waals surface area (Å²) in [6.07, 6.45) is 1.66. The number of carbonyl (C=O) groups is 2. The fourth-order valence-corrected chi connectivity index (χ4v) is 3.33. The second-order valence-corrected chi connectivity index (χ2v) is 6.19. The summed E-state index contributed by atoms with van der Waals surface area (Å²) in [7, 11) is 0. The van der Waals surface area contributed by atoms with Crippen LogP contribution in [0.25, 0.3) is 11.6 Å². The van der Waals surface area contributed by atoms with Gasteiger partial charge in [-0.1, -0.05) is 42.5 Å². The molecule has 0 unspecified atom stereocenters. The highest BCUT2D eigenvalue weighted by molar-refractivity contribution is 6.51. The van der Waals surface area contributed by atoms with Crippen LogP contribution in [0.5, 0.6) is 0 Å². The zero-order valence-electron chi connectivity index (χ0n) is 14.7. The molecule has 2 N–H and O–H groups in total. The Morgan fingerprint density at radius 3 is 2.37 bits per heavy atom. The van der Waals surface area contributed by atoms with Crippen molar-refractivity contribution < 1.29 is 9.59 Å².